The minimum Gasteiger partial charge on any atom is -0.361 e. The molecule has 3 rings (SSSR count). The predicted octanol–water partition coefficient (Wildman–Crippen LogP) is 4.90. The van der Waals surface area contributed by atoms with Crippen molar-refractivity contribution in [1.82, 2.24) is 10.1 Å². The molecule has 1 N–H and O–H groups in total. The molecule has 26 heavy (non-hydrogen) atoms. The summed E-state index contributed by atoms with van der Waals surface area (Å²) in [6, 6.07) is 6.27. The molecule has 3 aromatic rings. The molecular formula is C19H21N3O2S2. The fourth-order valence-corrected chi connectivity index (χ4v) is 4.19. The van der Waals surface area contributed by atoms with E-state index in [1.165, 1.54) is 34.2 Å². The monoisotopic (exact) mass is 387 g/mol. The first kappa shape index (κ1) is 18.7. The maximum atomic E-state index is 12.2. The number of amides is 1. The molecule has 0 aliphatic heterocycles. The zero-order chi connectivity index (χ0) is 18.7. The van der Waals surface area contributed by atoms with Gasteiger partial charge in [-0.1, -0.05) is 17.3 Å². The zero-order valence-corrected chi connectivity index (χ0v) is 16.9. The molecule has 0 unspecified atom stereocenters. The van der Waals surface area contributed by atoms with Crippen molar-refractivity contribution in [2.75, 3.05) is 11.1 Å². The first-order valence-corrected chi connectivity index (χ1v) is 10.3. The van der Waals surface area contributed by atoms with Crippen molar-refractivity contribution < 1.29 is 9.32 Å². The van der Waals surface area contributed by atoms with Gasteiger partial charge in [0.2, 0.25) is 5.91 Å². The van der Waals surface area contributed by atoms with Crippen LogP contribution in [-0.4, -0.2) is 21.8 Å². The normalized spacial score (nSPS) is 10.9. The second-order valence-corrected chi connectivity index (χ2v) is 8.02. The zero-order valence-electron chi connectivity index (χ0n) is 15.3. The number of anilines is 1. The maximum Gasteiger partial charge on any atom is 0.236 e. The number of thioether (sulfide) groups is 1. The van der Waals surface area contributed by atoms with Gasteiger partial charge in [0.25, 0.3) is 0 Å². The van der Waals surface area contributed by atoms with Crippen LogP contribution in [0.15, 0.2) is 28.1 Å². The van der Waals surface area contributed by atoms with Gasteiger partial charge in [0.1, 0.15) is 5.76 Å². The molecule has 1 aromatic carbocycles. The fourth-order valence-electron chi connectivity index (χ4n) is 2.47. The third-order valence-corrected chi connectivity index (χ3v) is 5.93. The van der Waals surface area contributed by atoms with Crippen LogP contribution in [0.4, 0.5) is 5.13 Å². The van der Waals surface area contributed by atoms with Gasteiger partial charge in [-0.05, 0) is 44.9 Å². The topological polar surface area (TPSA) is 68.0 Å². The van der Waals surface area contributed by atoms with Crippen LogP contribution in [0.2, 0.25) is 0 Å². The number of hydrogen-bond donors (Lipinski definition) is 1. The Morgan fingerprint density at radius 2 is 2.04 bits per heavy atom. The van der Waals surface area contributed by atoms with Gasteiger partial charge in [0, 0.05) is 22.3 Å². The number of rotatable bonds is 6. The average molecular weight is 388 g/mol. The van der Waals surface area contributed by atoms with Gasteiger partial charge in [0.15, 0.2) is 5.13 Å². The molecule has 0 aliphatic rings. The smallest absolute Gasteiger partial charge is 0.236 e. The van der Waals surface area contributed by atoms with E-state index in [0.29, 0.717) is 16.6 Å². The first-order chi connectivity index (χ1) is 12.4. The van der Waals surface area contributed by atoms with Gasteiger partial charge < -0.3 is 9.84 Å². The molecule has 1 amide bonds. The van der Waals surface area contributed by atoms with Crippen molar-refractivity contribution in [3.63, 3.8) is 0 Å². The molecule has 0 atom stereocenters. The number of nitrogens with one attached hydrogen (secondary N) is 1. The van der Waals surface area contributed by atoms with Gasteiger partial charge in [-0.25, -0.2) is 4.98 Å². The Labute approximate surface area is 161 Å². The lowest BCUT2D eigenvalue weighted by Gasteiger charge is -2.03. The SMILES string of the molecule is Cc1ccc(-c2csc(NC(=O)CSCc3c(C)noc3C)n2)cc1C. The predicted molar refractivity (Wildman–Crippen MR) is 108 cm³/mol. The van der Waals surface area contributed by atoms with Crippen LogP contribution in [-0.2, 0) is 10.5 Å². The molecule has 0 fully saturated rings. The maximum absolute atomic E-state index is 12.2. The summed E-state index contributed by atoms with van der Waals surface area (Å²) in [5.41, 5.74) is 6.39. The summed E-state index contributed by atoms with van der Waals surface area (Å²) >= 11 is 2.98. The second kappa shape index (κ2) is 8.05. The van der Waals surface area contributed by atoms with Crippen molar-refractivity contribution in [2.24, 2.45) is 0 Å². The van der Waals surface area contributed by atoms with E-state index in [9.17, 15) is 4.79 Å². The van der Waals surface area contributed by atoms with E-state index in [1.54, 1.807) is 0 Å². The molecule has 0 aliphatic carbocycles. The van der Waals surface area contributed by atoms with E-state index in [1.807, 2.05) is 19.2 Å². The van der Waals surface area contributed by atoms with Crippen LogP contribution in [0, 0.1) is 27.7 Å². The number of nitrogens with zero attached hydrogens (tertiary/aromatic N) is 2. The summed E-state index contributed by atoms with van der Waals surface area (Å²) < 4.78 is 5.14. The third kappa shape index (κ3) is 4.34. The summed E-state index contributed by atoms with van der Waals surface area (Å²) in [7, 11) is 0. The Morgan fingerprint density at radius 3 is 2.73 bits per heavy atom. The van der Waals surface area contributed by atoms with Crippen LogP contribution in [0.5, 0.6) is 0 Å². The number of aryl methyl sites for hydroxylation is 4. The molecule has 136 valence electrons. The Kier molecular flexibility index (Phi) is 5.78. The molecule has 7 heteroatoms. The van der Waals surface area contributed by atoms with E-state index in [-0.39, 0.29) is 5.91 Å². The number of hydrogen-bond acceptors (Lipinski definition) is 6. The second-order valence-electron chi connectivity index (χ2n) is 6.18. The van der Waals surface area contributed by atoms with Crippen LogP contribution < -0.4 is 5.32 Å². The van der Waals surface area contributed by atoms with E-state index in [2.05, 4.69) is 47.5 Å². The van der Waals surface area contributed by atoms with E-state index >= 15 is 0 Å². The molecule has 2 heterocycles. The first-order valence-electron chi connectivity index (χ1n) is 8.26. The van der Waals surface area contributed by atoms with E-state index in [4.69, 9.17) is 4.52 Å². The highest BCUT2D eigenvalue weighted by Gasteiger charge is 2.12. The summed E-state index contributed by atoms with van der Waals surface area (Å²) in [5, 5.41) is 9.40. The number of benzene rings is 1. The lowest BCUT2D eigenvalue weighted by Crippen LogP contribution is -2.14. The lowest BCUT2D eigenvalue weighted by molar-refractivity contribution is -0.113. The van der Waals surface area contributed by atoms with Crippen molar-refractivity contribution in [3.8, 4) is 11.3 Å². The molecule has 5 nitrogen and oxygen atoms in total. The molecule has 0 spiro atoms. The summed E-state index contributed by atoms with van der Waals surface area (Å²) in [4.78, 5) is 16.7. The fraction of sp³-hybridized carbons (Fsp3) is 0.316. The third-order valence-electron chi connectivity index (χ3n) is 4.21. The summed E-state index contributed by atoms with van der Waals surface area (Å²) in [6.07, 6.45) is 0. The van der Waals surface area contributed by atoms with Crippen LogP contribution in [0.1, 0.15) is 28.1 Å². The van der Waals surface area contributed by atoms with E-state index in [0.717, 1.165) is 28.3 Å². The van der Waals surface area contributed by atoms with Crippen LogP contribution in [0.25, 0.3) is 11.3 Å². The van der Waals surface area contributed by atoms with Crippen LogP contribution >= 0.6 is 23.1 Å². The summed E-state index contributed by atoms with van der Waals surface area (Å²) in [5.74, 6) is 1.83. The van der Waals surface area contributed by atoms with Gasteiger partial charge in [-0.3, -0.25) is 4.79 Å². The number of carbonyl (C=O) groups is 1. The standard InChI is InChI=1S/C19H21N3O2S2/c1-11-5-6-15(7-12(11)2)17-9-26-19(20-17)21-18(23)10-25-8-16-13(3)22-24-14(16)4/h5-7,9H,8,10H2,1-4H3,(H,20,21,23). The number of carbonyl (C=O) groups excluding carboxylic acids is 1. The van der Waals surface area contributed by atoms with Gasteiger partial charge in [0.05, 0.1) is 17.1 Å². The number of thiazole rings is 1. The Balaban J connectivity index is 1.55. The highest BCUT2D eigenvalue weighted by Crippen LogP contribution is 2.27. The minimum absolute atomic E-state index is 0.0530. The molecule has 0 saturated heterocycles. The highest BCUT2D eigenvalue weighted by atomic mass is 32.2. The molecule has 0 radical (unpaired) electrons. The molecule has 0 bridgehead atoms. The van der Waals surface area contributed by atoms with Crippen molar-refractivity contribution in [2.45, 2.75) is 33.4 Å². The molecule has 0 saturated carbocycles. The van der Waals surface area contributed by atoms with Gasteiger partial charge in [-0.15, -0.1) is 23.1 Å². The Morgan fingerprint density at radius 1 is 1.23 bits per heavy atom. The van der Waals surface area contributed by atoms with Crippen LogP contribution in [0.3, 0.4) is 0 Å². The van der Waals surface area contributed by atoms with Crippen molar-refractivity contribution in [1.29, 1.82) is 0 Å². The van der Waals surface area contributed by atoms with Gasteiger partial charge >= 0.3 is 0 Å². The van der Waals surface area contributed by atoms with Crippen molar-refractivity contribution >= 4 is 34.1 Å². The van der Waals surface area contributed by atoms with E-state index < -0.39 is 0 Å². The number of aromatic nitrogens is 2. The average Bonchev–Trinajstić information content (AvgIpc) is 3.19. The molecular weight excluding hydrogens is 366 g/mol. The Hall–Kier alpha value is -2.12. The van der Waals surface area contributed by atoms with Gasteiger partial charge in [-0.2, -0.15) is 0 Å². The molecule has 2 aromatic heterocycles. The Bertz CT molecular complexity index is 911. The minimum atomic E-state index is -0.0530. The summed E-state index contributed by atoms with van der Waals surface area (Å²) in [6.45, 7) is 7.98. The lowest BCUT2D eigenvalue weighted by atomic mass is 10.1. The quantitative estimate of drug-likeness (QED) is 0.651. The van der Waals surface area contributed by atoms with Crippen molar-refractivity contribution in [3.05, 3.63) is 51.7 Å². The highest BCUT2D eigenvalue weighted by molar-refractivity contribution is 7.99. The largest absolute Gasteiger partial charge is 0.361 e.